The molecule has 0 fully saturated rings. The van der Waals surface area contributed by atoms with Crippen molar-refractivity contribution >= 4 is 39.1 Å². The minimum absolute atomic E-state index is 0.0748. The van der Waals surface area contributed by atoms with Gasteiger partial charge in [-0.05, 0) is 49.4 Å². The number of amides is 1. The fourth-order valence-corrected chi connectivity index (χ4v) is 4.08. The van der Waals surface area contributed by atoms with E-state index in [4.69, 9.17) is 11.6 Å². The van der Waals surface area contributed by atoms with Crippen molar-refractivity contribution in [2.24, 2.45) is 0 Å². The molecule has 4 rings (SSSR count). The number of carbonyl (C=O) groups is 1. The van der Waals surface area contributed by atoms with Gasteiger partial charge in [0, 0.05) is 35.3 Å². The molecule has 0 aliphatic rings. The van der Waals surface area contributed by atoms with Gasteiger partial charge in [-0.15, -0.1) is 11.3 Å². The Kier molecular flexibility index (Phi) is 4.92. The lowest BCUT2D eigenvalue weighted by Crippen LogP contribution is -2.25. The zero-order chi connectivity index (χ0) is 18.8. The number of benzene rings is 1. The van der Waals surface area contributed by atoms with Crippen molar-refractivity contribution in [3.8, 4) is 5.69 Å². The number of aryl methyl sites for hydroxylation is 1. The SMILES string of the molecule is Cc1nn(-c2ccc(Cl)cc2)c2sc(C(=O)NCCc3ccccn3)cc12. The summed E-state index contributed by atoms with van der Waals surface area (Å²) in [6.07, 6.45) is 2.46. The monoisotopic (exact) mass is 396 g/mol. The summed E-state index contributed by atoms with van der Waals surface area (Å²) in [6.45, 7) is 2.50. The van der Waals surface area contributed by atoms with E-state index in [2.05, 4.69) is 15.4 Å². The first-order chi connectivity index (χ1) is 13.1. The van der Waals surface area contributed by atoms with Gasteiger partial charge >= 0.3 is 0 Å². The van der Waals surface area contributed by atoms with Crippen LogP contribution in [-0.4, -0.2) is 27.2 Å². The summed E-state index contributed by atoms with van der Waals surface area (Å²) >= 11 is 7.41. The van der Waals surface area contributed by atoms with E-state index in [1.165, 1.54) is 11.3 Å². The Morgan fingerprint density at radius 3 is 2.78 bits per heavy atom. The third-order valence-corrected chi connectivity index (χ3v) is 5.59. The normalized spacial score (nSPS) is 11.0. The predicted octanol–water partition coefficient (Wildman–Crippen LogP) is 4.42. The molecule has 0 saturated heterocycles. The third kappa shape index (κ3) is 3.72. The number of pyridine rings is 1. The van der Waals surface area contributed by atoms with E-state index in [0.717, 1.165) is 27.3 Å². The largest absolute Gasteiger partial charge is 0.351 e. The number of aromatic nitrogens is 3. The Bertz CT molecular complexity index is 1090. The molecule has 0 spiro atoms. The number of hydrogen-bond donors (Lipinski definition) is 1. The molecule has 3 aromatic heterocycles. The van der Waals surface area contributed by atoms with E-state index in [1.54, 1.807) is 6.20 Å². The van der Waals surface area contributed by atoms with Crippen LogP contribution in [0.5, 0.6) is 0 Å². The van der Waals surface area contributed by atoms with Gasteiger partial charge in [-0.1, -0.05) is 17.7 Å². The summed E-state index contributed by atoms with van der Waals surface area (Å²) in [5, 5.41) is 9.23. The number of rotatable bonds is 5. The van der Waals surface area contributed by atoms with Crippen LogP contribution < -0.4 is 5.32 Å². The molecule has 0 aliphatic carbocycles. The van der Waals surface area contributed by atoms with Gasteiger partial charge < -0.3 is 5.32 Å². The standard InChI is InChI=1S/C20H17ClN4OS/c1-13-17-12-18(19(26)23-11-9-15-4-2-3-10-22-15)27-20(17)25(24-13)16-7-5-14(21)6-8-16/h2-8,10,12H,9,11H2,1H3,(H,23,26). The van der Waals surface area contributed by atoms with E-state index < -0.39 is 0 Å². The minimum atomic E-state index is -0.0748. The van der Waals surface area contributed by atoms with Gasteiger partial charge in [-0.3, -0.25) is 9.78 Å². The van der Waals surface area contributed by atoms with Gasteiger partial charge in [0.1, 0.15) is 4.83 Å². The second-order valence-corrected chi connectivity index (χ2v) is 7.60. The molecule has 3 heterocycles. The maximum atomic E-state index is 12.5. The quantitative estimate of drug-likeness (QED) is 0.543. The molecule has 0 saturated carbocycles. The van der Waals surface area contributed by atoms with E-state index in [-0.39, 0.29) is 5.91 Å². The highest BCUT2D eigenvalue weighted by molar-refractivity contribution is 7.20. The molecule has 136 valence electrons. The molecular weight excluding hydrogens is 380 g/mol. The molecule has 0 radical (unpaired) electrons. The summed E-state index contributed by atoms with van der Waals surface area (Å²) in [4.78, 5) is 18.4. The molecule has 0 bridgehead atoms. The van der Waals surface area contributed by atoms with Crippen LogP contribution in [0.4, 0.5) is 0 Å². The average molecular weight is 397 g/mol. The molecule has 1 aromatic carbocycles. The van der Waals surface area contributed by atoms with Gasteiger partial charge in [0.05, 0.1) is 16.3 Å². The van der Waals surface area contributed by atoms with Crippen LogP contribution in [0.2, 0.25) is 5.02 Å². The summed E-state index contributed by atoms with van der Waals surface area (Å²) in [5.74, 6) is -0.0748. The first-order valence-corrected chi connectivity index (χ1v) is 9.74. The molecule has 5 nitrogen and oxygen atoms in total. The first-order valence-electron chi connectivity index (χ1n) is 8.55. The van der Waals surface area contributed by atoms with E-state index in [9.17, 15) is 4.79 Å². The van der Waals surface area contributed by atoms with Gasteiger partial charge in [0.25, 0.3) is 5.91 Å². The number of thiophene rings is 1. The lowest BCUT2D eigenvalue weighted by Gasteiger charge is -2.04. The van der Waals surface area contributed by atoms with Crippen molar-refractivity contribution in [1.29, 1.82) is 0 Å². The molecule has 0 atom stereocenters. The average Bonchev–Trinajstić information content (AvgIpc) is 3.24. The highest BCUT2D eigenvalue weighted by Gasteiger charge is 2.17. The summed E-state index contributed by atoms with van der Waals surface area (Å²) in [5.41, 5.74) is 2.77. The van der Waals surface area contributed by atoms with Crippen LogP contribution >= 0.6 is 22.9 Å². The highest BCUT2D eigenvalue weighted by atomic mass is 35.5. The predicted molar refractivity (Wildman–Crippen MR) is 109 cm³/mol. The van der Waals surface area contributed by atoms with Crippen LogP contribution in [0.15, 0.2) is 54.7 Å². The van der Waals surface area contributed by atoms with Gasteiger partial charge in [0.2, 0.25) is 0 Å². The Labute approximate surface area is 165 Å². The second-order valence-electron chi connectivity index (χ2n) is 6.13. The fourth-order valence-electron chi connectivity index (χ4n) is 2.85. The summed E-state index contributed by atoms with van der Waals surface area (Å²) in [6, 6.07) is 15.2. The van der Waals surface area contributed by atoms with Crippen molar-refractivity contribution in [2.75, 3.05) is 6.54 Å². The van der Waals surface area contributed by atoms with Crippen molar-refractivity contribution in [3.05, 3.63) is 76.0 Å². The zero-order valence-corrected chi connectivity index (χ0v) is 16.2. The maximum Gasteiger partial charge on any atom is 0.261 e. The number of halogens is 1. The van der Waals surface area contributed by atoms with Crippen molar-refractivity contribution in [2.45, 2.75) is 13.3 Å². The fraction of sp³-hybridized carbons (Fsp3) is 0.150. The van der Waals surface area contributed by atoms with Crippen LogP contribution in [0.1, 0.15) is 21.1 Å². The van der Waals surface area contributed by atoms with E-state index in [1.807, 2.05) is 60.1 Å². The van der Waals surface area contributed by atoms with Crippen LogP contribution in [0.25, 0.3) is 15.9 Å². The maximum absolute atomic E-state index is 12.5. The zero-order valence-electron chi connectivity index (χ0n) is 14.6. The molecule has 27 heavy (non-hydrogen) atoms. The van der Waals surface area contributed by atoms with Crippen LogP contribution in [-0.2, 0) is 6.42 Å². The van der Waals surface area contributed by atoms with Gasteiger partial charge in [0.15, 0.2) is 0 Å². The number of fused-ring (bicyclic) bond motifs is 1. The molecule has 1 amide bonds. The Balaban J connectivity index is 1.53. The molecule has 1 N–H and O–H groups in total. The van der Waals surface area contributed by atoms with Gasteiger partial charge in [-0.2, -0.15) is 5.10 Å². The Morgan fingerprint density at radius 2 is 2.04 bits per heavy atom. The lowest BCUT2D eigenvalue weighted by atomic mass is 10.2. The molecule has 4 aromatic rings. The summed E-state index contributed by atoms with van der Waals surface area (Å²) in [7, 11) is 0. The Hall–Kier alpha value is -2.70. The molecule has 0 unspecified atom stereocenters. The highest BCUT2D eigenvalue weighted by Crippen LogP contribution is 2.30. The first kappa shape index (κ1) is 17.7. The topological polar surface area (TPSA) is 59.8 Å². The smallest absolute Gasteiger partial charge is 0.261 e. The van der Waals surface area contributed by atoms with Crippen LogP contribution in [0, 0.1) is 6.92 Å². The van der Waals surface area contributed by atoms with Crippen LogP contribution in [0.3, 0.4) is 0 Å². The summed E-state index contributed by atoms with van der Waals surface area (Å²) < 4.78 is 1.86. The third-order valence-electron chi connectivity index (χ3n) is 4.23. The van der Waals surface area contributed by atoms with E-state index >= 15 is 0 Å². The lowest BCUT2D eigenvalue weighted by molar-refractivity contribution is 0.0958. The molecular formula is C20H17ClN4OS. The van der Waals surface area contributed by atoms with Gasteiger partial charge in [-0.25, -0.2) is 4.68 Å². The Morgan fingerprint density at radius 1 is 1.22 bits per heavy atom. The number of carbonyl (C=O) groups excluding carboxylic acids is 1. The van der Waals surface area contributed by atoms with E-state index in [0.29, 0.717) is 22.9 Å². The molecule has 7 heteroatoms. The van der Waals surface area contributed by atoms with Crippen molar-refractivity contribution < 1.29 is 4.79 Å². The van der Waals surface area contributed by atoms with Crippen molar-refractivity contribution in [3.63, 3.8) is 0 Å². The number of hydrogen-bond acceptors (Lipinski definition) is 4. The minimum Gasteiger partial charge on any atom is -0.351 e. The number of nitrogens with one attached hydrogen (secondary N) is 1. The second kappa shape index (κ2) is 7.50. The van der Waals surface area contributed by atoms with Crippen molar-refractivity contribution in [1.82, 2.24) is 20.1 Å². The molecule has 0 aliphatic heterocycles. The number of nitrogens with zero attached hydrogens (tertiary/aromatic N) is 3.